The van der Waals surface area contributed by atoms with Crippen molar-refractivity contribution in [1.82, 2.24) is 0 Å². The molecule has 0 radical (unpaired) electrons. The molecular weight excluding hydrogens is 166 g/mol. The summed E-state index contributed by atoms with van der Waals surface area (Å²) < 4.78 is 10.8. The first-order valence-electron chi connectivity index (χ1n) is 4.37. The van der Waals surface area contributed by atoms with Crippen LogP contribution in [0.2, 0.25) is 0 Å². The summed E-state index contributed by atoms with van der Waals surface area (Å²) >= 11 is 0. The van der Waals surface area contributed by atoms with E-state index in [4.69, 9.17) is 15.2 Å². The van der Waals surface area contributed by atoms with Gasteiger partial charge in [-0.3, -0.25) is 5.73 Å². The molecule has 0 saturated carbocycles. The summed E-state index contributed by atoms with van der Waals surface area (Å²) in [5.41, 5.74) is 6.25. The molecule has 2 N–H and O–H groups in total. The second kappa shape index (κ2) is 3.46. The van der Waals surface area contributed by atoms with Crippen LogP contribution in [-0.2, 0) is 15.2 Å². The van der Waals surface area contributed by atoms with Gasteiger partial charge in [-0.2, -0.15) is 0 Å². The molecule has 1 heterocycles. The van der Waals surface area contributed by atoms with Crippen LogP contribution in [0.1, 0.15) is 5.56 Å². The van der Waals surface area contributed by atoms with Crippen molar-refractivity contribution in [3.8, 4) is 0 Å². The highest BCUT2D eigenvalue weighted by Gasteiger charge is 2.31. The lowest BCUT2D eigenvalue weighted by Crippen LogP contribution is -2.48. The fraction of sp³-hybridized carbons (Fsp3) is 0.400. The standard InChI is InChI=1S/C10H13NO2/c11-10(8-12-6-7-13-10)9-4-2-1-3-5-9/h1-5H,6-8,11H2. The zero-order valence-electron chi connectivity index (χ0n) is 7.40. The third kappa shape index (κ3) is 1.72. The summed E-state index contributed by atoms with van der Waals surface area (Å²) in [6.07, 6.45) is 0. The maximum absolute atomic E-state index is 6.03. The van der Waals surface area contributed by atoms with Gasteiger partial charge in [-0.05, 0) is 0 Å². The Morgan fingerprint density at radius 1 is 1.15 bits per heavy atom. The molecule has 2 rings (SSSR count). The highest BCUT2D eigenvalue weighted by Crippen LogP contribution is 2.22. The van der Waals surface area contributed by atoms with E-state index in [9.17, 15) is 0 Å². The largest absolute Gasteiger partial charge is 0.374 e. The Morgan fingerprint density at radius 2 is 1.92 bits per heavy atom. The van der Waals surface area contributed by atoms with Gasteiger partial charge in [0, 0.05) is 5.56 Å². The predicted octanol–water partition coefficient (Wildman–Crippen LogP) is 0.845. The quantitative estimate of drug-likeness (QED) is 0.695. The van der Waals surface area contributed by atoms with Crippen LogP contribution in [0.5, 0.6) is 0 Å². The fourth-order valence-corrected chi connectivity index (χ4v) is 1.44. The summed E-state index contributed by atoms with van der Waals surface area (Å²) in [6, 6.07) is 9.75. The molecule has 0 amide bonds. The average Bonchev–Trinajstić information content (AvgIpc) is 2.20. The summed E-state index contributed by atoms with van der Waals surface area (Å²) in [6.45, 7) is 1.62. The second-order valence-corrected chi connectivity index (χ2v) is 3.16. The van der Waals surface area contributed by atoms with Crippen molar-refractivity contribution in [2.24, 2.45) is 5.73 Å². The fourth-order valence-electron chi connectivity index (χ4n) is 1.44. The summed E-state index contributed by atoms with van der Waals surface area (Å²) in [5.74, 6) is 0. The number of hydrogen-bond acceptors (Lipinski definition) is 3. The van der Waals surface area contributed by atoms with Crippen molar-refractivity contribution < 1.29 is 9.47 Å². The van der Waals surface area contributed by atoms with E-state index in [1.165, 1.54) is 0 Å². The smallest absolute Gasteiger partial charge is 0.166 e. The summed E-state index contributed by atoms with van der Waals surface area (Å²) in [4.78, 5) is 0. The number of ether oxygens (including phenoxy) is 2. The Balaban J connectivity index is 2.23. The summed E-state index contributed by atoms with van der Waals surface area (Å²) in [7, 11) is 0. The topological polar surface area (TPSA) is 44.5 Å². The van der Waals surface area contributed by atoms with Crippen LogP contribution >= 0.6 is 0 Å². The number of hydrogen-bond donors (Lipinski definition) is 1. The van der Waals surface area contributed by atoms with Crippen LogP contribution in [0.15, 0.2) is 30.3 Å². The molecule has 1 saturated heterocycles. The van der Waals surface area contributed by atoms with Crippen LogP contribution in [0.4, 0.5) is 0 Å². The minimum absolute atomic E-state index is 0.428. The lowest BCUT2D eigenvalue weighted by Gasteiger charge is -2.33. The van der Waals surface area contributed by atoms with Gasteiger partial charge in [0.15, 0.2) is 5.72 Å². The van der Waals surface area contributed by atoms with E-state index in [0.717, 1.165) is 5.56 Å². The normalized spacial score (nSPS) is 28.7. The Morgan fingerprint density at radius 3 is 2.54 bits per heavy atom. The monoisotopic (exact) mass is 179 g/mol. The van der Waals surface area contributed by atoms with Crippen molar-refractivity contribution >= 4 is 0 Å². The predicted molar refractivity (Wildman–Crippen MR) is 49.1 cm³/mol. The molecule has 0 aliphatic carbocycles. The minimum Gasteiger partial charge on any atom is -0.374 e. The Hall–Kier alpha value is -0.900. The van der Waals surface area contributed by atoms with E-state index >= 15 is 0 Å². The first-order valence-corrected chi connectivity index (χ1v) is 4.37. The molecule has 3 heteroatoms. The SMILES string of the molecule is NC1(c2ccccc2)COCCO1. The lowest BCUT2D eigenvalue weighted by atomic mass is 10.0. The van der Waals surface area contributed by atoms with Crippen LogP contribution in [0.3, 0.4) is 0 Å². The van der Waals surface area contributed by atoms with Crippen molar-refractivity contribution in [3.05, 3.63) is 35.9 Å². The lowest BCUT2D eigenvalue weighted by molar-refractivity contribution is -0.159. The average molecular weight is 179 g/mol. The first kappa shape index (κ1) is 8.69. The molecule has 1 aliphatic heterocycles. The zero-order valence-corrected chi connectivity index (χ0v) is 7.40. The highest BCUT2D eigenvalue weighted by molar-refractivity contribution is 5.21. The van der Waals surface area contributed by atoms with Crippen molar-refractivity contribution in [3.63, 3.8) is 0 Å². The van der Waals surface area contributed by atoms with Gasteiger partial charge in [-0.1, -0.05) is 30.3 Å². The third-order valence-corrected chi connectivity index (χ3v) is 2.17. The van der Waals surface area contributed by atoms with Gasteiger partial charge in [-0.15, -0.1) is 0 Å². The van der Waals surface area contributed by atoms with Crippen molar-refractivity contribution in [1.29, 1.82) is 0 Å². The molecule has 13 heavy (non-hydrogen) atoms. The summed E-state index contributed by atoms with van der Waals surface area (Å²) in [5, 5.41) is 0. The molecule has 3 nitrogen and oxygen atoms in total. The molecule has 1 aliphatic rings. The van der Waals surface area contributed by atoms with Crippen LogP contribution < -0.4 is 5.73 Å². The van der Waals surface area contributed by atoms with Gasteiger partial charge >= 0.3 is 0 Å². The van der Waals surface area contributed by atoms with Gasteiger partial charge in [0.25, 0.3) is 0 Å². The molecule has 70 valence electrons. The molecule has 1 aromatic carbocycles. The van der Waals surface area contributed by atoms with Crippen LogP contribution in [-0.4, -0.2) is 19.8 Å². The maximum atomic E-state index is 6.03. The molecule has 1 unspecified atom stereocenters. The van der Waals surface area contributed by atoms with Crippen LogP contribution in [0.25, 0.3) is 0 Å². The second-order valence-electron chi connectivity index (χ2n) is 3.16. The van der Waals surface area contributed by atoms with Crippen LogP contribution in [0, 0.1) is 0 Å². The Kier molecular flexibility index (Phi) is 2.31. The molecule has 0 aromatic heterocycles. The molecule has 1 aromatic rings. The Bertz CT molecular complexity index is 268. The number of nitrogens with two attached hydrogens (primary N) is 1. The Labute approximate surface area is 77.5 Å². The van der Waals surface area contributed by atoms with Gasteiger partial charge in [-0.25, -0.2) is 0 Å². The molecular formula is C10H13NO2. The molecule has 1 fully saturated rings. The van der Waals surface area contributed by atoms with E-state index in [-0.39, 0.29) is 0 Å². The minimum atomic E-state index is -0.750. The maximum Gasteiger partial charge on any atom is 0.166 e. The number of benzene rings is 1. The van der Waals surface area contributed by atoms with Crippen molar-refractivity contribution in [2.45, 2.75) is 5.72 Å². The molecule has 0 spiro atoms. The first-order chi connectivity index (χ1) is 6.31. The highest BCUT2D eigenvalue weighted by atomic mass is 16.6. The van der Waals surface area contributed by atoms with Crippen molar-refractivity contribution in [2.75, 3.05) is 19.8 Å². The van der Waals surface area contributed by atoms with Gasteiger partial charge in [0.1, 0.15) is 0 Å². The van der Waals surface area contributed by atoms with E-state index in [1.54, 1.807) is 0 Å². The zero-order chi connectivity index (χ0) is 9.15. The number of rotatable bonds is 1. The molecule has 0 bridgehead atoms. The van der Waals surface area contributed by atoms with Gasteiger partial charge < -0.3 is 9.47 Å². The van der Waals surface area contributed by atoms with Gasteiger partial charge in [0.2, 0.25) is 0 Å². The van der Waals surface area contributed by atoms with E-state index in [1.807, 2.05) is 30.3 Å². The van der Waals surface area contributed by atoms with Gasteiger partial charge in [0.05, 0.1) is 19.8 Å². The van der Waals surface area contributed by atoms with E-state index < -0.39 is 5.72 Å². The third-order valence-electron chi connectivity index (χ3n) is 2.17. The van der Waals surface area contributed by atoms with E-state index in [2.05, 4.69) is 0 Å². The molecule has 1 atom stereocenters. The van der Waals surface area contributed by atoms with E-state index in [0.29, 0.717) is 19.8 Å².